The van der Waals surface area contributed by atoms with E-state index in [1.54, 1.807) is 0 Å². The Morgan fingerprint density at radius 1 is 1.09 bits per heavy atom. The number of hydrogen-bond donors (Lipinski definition) is 1. The number of sulfonamides is 1. The average molecular weight is 357 g/mol. The number of nitrogens with zero attached hydrogens (tertiary/aromatic N) is 1. The molecule has 2 heterocycles. The van der Waals surface area contributed by atoms with Gasteiger partial charge in [-0.1, -0.05) is 0 Å². The van der Waals surface area contributed by atoms with Crippen molar-refractivity contribution in [2.24, 2.45) is 11.8 Å². The predicted molar refractivity (Wildman–Crippen MR) is 76.8 cm³/mol. The van der Waals surface area contributed by atoms with E-state index in [4.69, 9.17) is 0 Å². The zero-order valence-electron chi connectivity index (χ0n) is 11.6. The van der Waals surface area contributed by atoms with Crippen molar-refractivity contribution in [2.75, 3.05) is 26.2 Å². The summed E-state index contributed by atoms with van der Waals surface area (Å²) < 4.78 is 66.3. The van der Waals surface area contributed by atoms with Crippen LogP contribution in [0.1, 0.15) is 6.42 Å². The fourth-order valence-corrected chi connectivity index (χ4v) is 4.73. The molecule has 0 saturated carbocycles. The Morgan fingerprint density at radius 2 is 1.68 bits per heavy atom. The van der Waals surface area contributed by atoms with E-state index in [2.05, 4.69) is 5.32 Å². The molecule has 1 N–H and O–H groups in total. The Hall–Kier alpha value is -0.830. The molecule has 1 aromatic carbocycles. The van der Waals surface area contributed by atoms with Crippen LogP contribution in [0.3, 0.4) is 0 Å². The van der Waals surface area contributed by atoms with Crippen LogP contribution in [0.4, 0.5) is 13.2 Å². The van der Waals surface area contributed by atoms with Crippen molar-refractivity contribution in [3.05, 3.63) is 29.6 Å². The third-order valence-corrected chi connectivity index (χ3v) is 6.15. The van der Waals surface area contributed by atoms with Crippen LogP contribution >= 0.6 is 12.4 Å². The van der Waals surface area contributed by atoms with Gasteiger partial charge in [0, 0.05) is 25.2 Å². The van der Waals surface area contributed by atoms with E-state index in [-0.39, 0.29) is 31.4 Å². The van der Waals surface area contributed by atoms with Gasteiger partial charge < -0.3 is 5.32 Å². The first kappa shape index (κ1) is 17.5. The second kappa shape index (κ2) is 6.35. The van der Waals surface area contributed by atoms with Crippen molar-refractivity contribution in [1.82, 2.24) is 9.62 Å². The molecular formula is C13H16ClF3N2O2S. The van der Waals surface area contributed by atoms with Gasteiger partial charge in [-0.2, -0.15) is 4.31 Å². The van der Waals surface area contributed by atoms with E-state index in [1.807, 2.05) is 0 Å². The summed E-state index contributed by atoms with van der Waals surface area (Å²) in [7, 11) is -4.29. The van der Waals surface area contributed by atoms with Gasteiger partial charge in [0.15, 0.2) is 4.90 Å². The largest absolute Gasteiger partial charge is 0.316 e. The van der Waals surface area contributed by atoms with Gasteiger partial charge in [0.25, 0.3) is 0 Å². The average Bonchev–Trinajstić information content (AvgIpc) is 2.83. The normalized spacial score (nSPS) is 25.6. The first-order chi connectivity index (χ1) is 9.89. The maximum absolute atomic E-state index is 13.7. The summed E-state index contributed by atoms with van der Waals surface area (Å²) in [5, 5.41) is 3.19. The predicted octanol–water partition coefficient (Wildman–Crippen LogP) is 1.76. The second-order valence-corrected chi connectivity index (χ2v) is 7.40. The molecule has 2 unspecified atom stereocenters. The highest BCUT2D eigenvalue weighted by molar-refractivity contribution is 7.89. The Kier molecular flexibility index (Phi) is 5.06. The third-order valence-electron chi connectivity index (χ3n) is 4.23. The molecule has 1 aromatic rings. The second-order valence-electron chi connectivity index (χ2n) is 5.53. The van der Waals surface area contributed by atoms with Gasteiger partial charge in [0.1, 0.15) is 17.5 Å². The molecule has 4 nitrogen and oxygen atoms in total. The highest BCUT2D eigenvalue weighted by atomic mass is 35.5. The Morgan fingerprint density at radius 3 is 2.32 bits per heavy atom. The molecule has 124 valence electrons. The lowest BCUT2D eigenvalue weighted by molar-refractivity contribution is 0.227. The zero-order chi connectivity index (χ0) is 15.2. The Balaban J connectivity index is 0.00000176. The molecule has 0 radical (unpaired) electrons. The van der Waals surface area contributed by atoms with E-state index in [0.717, 1.165) is 10.8 Å². The summed E-state index contributed by atoms with van der Waals surface area (Å²) in [5.74, 6) is -3.36. The molecule has 2 aliphatic heterocycles. The maximum Gasteiger partial charge on any atom is 0.248 e. The van der Waals surface area contributed by atoms with Crippen LogP contribution in [-0.4, -0.2) is 38.9 Å². The van der Waals surface area contributed by atoms with Crippen LogP contribution in [0.25, 0.3) is 0 Å². The van der Waals surface area contributed by atoms with Crippen molar-refractivity contribution < 1.29 is 21.6 Å². The van der Waals surface area contributed by atoms with Gasteiger partial charge in [-0.05, 0) is 31.3 Å². The van der Waals surface area contributed by atoms with Crippen LogP contribution < -0.4 is 5.32 Å². The third kappa shape index (κ3) is 2.97. The summed E-state index contributed by atoms with van der Waals surface area (Å²) >= 11 is 0. The van der Waals surface area contributed by atoms with Gasteiger partial charge in [-0.3, -0.25) is 0 Å². The zero-order valence-corrected chi connectivity index (χ0v) is 13.2. The van der Waals surface area contributed by atoms with Crippen molar-refractivity contribution >= 4 is 22.4 Å². The fraction of sp³-hybridized carbons (Fsp3) is 0.538. The van der Waals surface area contributed by atoms with Crippen LogP contribution in [0.2, 0.25) is 0 Å². The summed E-state index contributed by atoms with van der Waals surface area (Å²) in [6, 6.07) is 0.777. The summed E-state index contributed by atoms with van der Waals surface area (Å²) in [4.78, 5) is -1.06. The lowest BCUT2D eigenvalue weighted by Crippen LogP contribution is -2.43. The Labute approximate surface area is 133 Å². The molecule has 2 atom stereocenters. The molecule has 0 aromatic heterocycles. The smallest absolute Gasteiger partial charge is 0.248 e. The number of piperidine rings is 1. The van der Waals surface area contributed by atoms with E-state index in [0.29, 0.717) is 31.0 Å². The number of hydrogen-bond acceptors (Lipinski definition) is 3. The minimum absolute atomic E-state index is 0. The quantitative estimate of drug-likeness (QED) is 0.878. The van der Waals surface area contributed by atoms with Gasteiger partial charge in [-0.25, -0.2) is 21.6 Å². The fourth-order valence-electron chi connectivity index (χ4n) is 3.12. The van der Waals surface area contributed by atoms with Gasteiger partial charge in [0.2, 0.25) is 10.0 Å². The Bertz CT molecular complexity index is 648. The molecule has 0 amide bonds. The molecule has 0 bridgehead atoms. The van der Waals surface area contributed by atoms with Gasteiger partial charge in [0.05, 0.1) is 0 Å². The number of halogens is 4. The van der Waals surface area contributed by atoms with E-state index in [9.17, 15) is 21.6 Å². The van der Waals surface area contributed by atoms with Crippen LogP contribution in [-0.2, 0) is 10.0 Å². The summed E-state index contributed by atoms with van der Waals surface area (Å²) in [5.41, 5.74) is 0. The maximum atomic E-state index is 13.7. The lowest BCUT2D eigenvalue weighted by atomic mass is 9.90. The highest BCUT2D eigenvalue weighted by Crippen LogP contribution is 2.31. The van der Waals surface area contributed by atoms with Gasteiger partial charge in [-0.15, -0.1) is 12.4 Å². The van der Waals surface area contributed by atoms with Crippen molar-refractivity contribution in [2.45, 2.75) is 11.3 Å². The van der Waals surface area contributed by atoms with Crippen molar-refractivity contribution in [1.29, 1.82) is 0 Å². The topological polar surface area (TPSA) is 49.4 Å². The van der Waals surface area contributed by atoms with Crippen LogP contribution in [0.5, 0.6) is 0 Å². The SMILES string of the molecule is Cl.O=S(=O)(c1c(F)cc(F)cc1F)N1CCC2CNCC2C1. The van der Waals surface area contributed by atoms with Gasteiger partial charge >= 0.3 is 0 Å². The molecule has 2 fully saturated rings. The molecule has 3 rings (SSSR count). The summed E-state index contributed by atoms with van der Waals surface area (Å²) in [6.07, 6.45) is 0.654. The lowest BCUT2D eigenvalue weighted by Gasteiger charge is -2.33. The number of rotatable bonds is 2. The number of nitrogens with one attached hydrogen (secondary N) is 1. The molecule has 2 saturated heterocycles. The molecule has 22 heavy (non-hydrogen) atoms. The minimum Gasteiger partial charge on any atom is -0.316 e. The van der Waals surface area contributed by atoms with Crippen LogP contribution in [0, 0.1) is 29.3 Å². The molecule has 0 spiro atoms. The standard InChI is InChI=1S/C13H15F3N2O2S.ClH/c14-10-3-11(15)13(12(16)4-10)21(19,20)18-2-1-8-5-17-6-9(8)7-18;/h3-4,8-9,17H,1-2,5-7H2;1H. The van der Waals surface area contributed by atoms with Crippen molar-refractivity contribution in [3.63, 3.8) is 0 Å². The molecular weight excluding hydrogens is 341 g/mol. The highest BCUT2D eigenvalue weighted by Gasteiger charge is 2.39. The molecule has 2 aliphatic rings. The van der Waals surface area contributed by atoms with E-state index < -0.39 is 32.4 Å². The summed E-state index contributed by atoms with van der Waals surface area (Å²) in [6.45, 7) is 2.00. The first-order valence-electron chi connectivity index (χ1n) is 6.75. The van der Waals surface area contributed by atoms with Crippen LogP contribution in [0.15, 0.2) is 17.0 Å². The minimum atomic E-state index is -4.29. The van der Waals surface area contributed by atoms with E-state index >= 15 is 0 Å². The first-order valence-corrected chi connectivity index (χ1v) is 8.19. The number of fused-ring (bicyclic) bond motifs is 1. The number of benzene rings is 1. The molecule has 9 heteroatoms. The molecule has 0 aliphatic carbocycles. The van der Waals surface area contributed by atoms with Crippen molar-refractivity contribution in [3.8, 4) is 0 Å². The monoisotopic (exact) mass is 356 g/mol. The van der Waals surface area contributed by atoms with E-state index in [1.165, 1.54) is 0 Å².